The predicted molar refractivity (Wildman–Crippen MR) is 63.5 cm³/mol. The third-order valence-electron chi connectivity index (χ3n) is 2.23. The molecule has 0 fully saturated rings. The van der Waals surface area contributed by atoms with Gasteiger partial charge in [0, 0.05) is 23.9 Å². The van der Waals surface area contributed by atoms with E-state index >= 15 is 0 Å². The molecule has 3 nitrogen and oxygen atoms in total. The van der Waals surface area contributed by atoms with Gasteiger partial charge in [-0.25, -0.2) is 18.2 Å². The number of benzene rings is 1. The van der Waals surface area contributed by atoms with Crippen molar-refractivity contribution in [3.05, 3.63) is 58.6 Å². The molecule has 0 bridgehead atoms. The molecule has 7 heteroatoms. The zero-order chi connectivity index (χ0) is 14.0. The summed E-state index contributed by atoms with van der Waals surface area (Å²) in [4.78, 5) is 15.4. The lowest BCUT2D eigenvalue weighted by Crippen LogP contribution is -2.14. The number of pyridine rings is 1. The summed E-state index contributed by atoms with van der Waals surface area (Å²) in [6.45, 7) is 0. The van der Waals surface area contributed by atoms with Gasteiger partial charge in [-0.3, -0.25) is 4.79 Å². The zero-order valence-electron chi connectivity index (χ0n) is 9.25. The van der Waals surface area contributed by atoms with E-state index in [4.69, 9.17) is 11.6 Å². The molecule has 1 N–H and O–H groups in total. The van der Waals surface area contributed by atoms with Crippen LogP contribution in [0.3, 0.4) is 0 Å². The van der Waals surface area contributed by atoms with Gasteiger partial charge in [0.2, 0.25) is 0 Å². The molecule has 0 atom stereocenters. The van der Waals surface area contributed by atoms with Crippen molar-refractivity contribution < 1.29 is 18.0 Å². The lowest BCUT2D eigenvalue weighted by atomic mass is 10.2. The van der Waals surface area contributed by atoms with Gasteiger partial charge in [0.15, 0.2) is 11.6 Å². The van der Waals surface area contributed by atoms with E-state index in [-0.39, 0.29) is 10.7 Å². The molecule has 0 spiro atoms. The summed E-state index contributed by atoms with van der Waals surface area (Å²) in [5, 5.41) is 2.07. The number of carbonyl (C=O) groups is 1. The fourth-order valence-corrected chi connectivity index (χ4v) is 1.56. The number of hydrogen-bond acceptors (Lipinski definition) is 2. The van der Waals surface area contributed by atoms with Gasteiger partial charge >= 0.3 is 0 Å². The average Bonchev–Trinajstić information content (AvgIpc) is 2.33. The first-order valence-electron chi connectivity index (χ1n) is 5.05. The van der Waals surface area contributed by atoms with Crippen molar-refractivity contribution in [1.82, 2.24) is 4.98 Å². The SMILES string of the molecule is O=C(Nc1c(F)cc(F)cc1F)c1ccnc(Cl)c1. The van der Waals surface area contributed by atoms with Crippen molar-refractivity contribution in [3.8, 4) is 0 Å². The minimum absolute atomic E-state index is 0.0627. The second kappa shape index (κ2) is 5.27. The van der Waals surface area contributed by atoms with E-state index < -0.39 is 29.0 Å². The molecule has 0 aliphatic heterocycles. The van der Waals surface area contributed by atoms with Gasteiger partial charge in [0.1, 0.15) is 16.7 Å². The van der Waals surface area contributed by atoms with Gasteiger partial charge in [0.25, 0.3) is 5.91 Å². The van der Waals surface area contributed by atoms with Crippen molar-refractivity contribution in [1.29, 1.82) is 0 Å². The van der Waals surface area contributed by atoms with Gasteiger partial charge in [-0.1, -0.05) is 11.6 Å². The van der Waals surface area contributed by atoms with Gasteiger partial charge in [0.05, 0.1) is 0 Å². The number of nitrogens with zero attached hydrogens (tertiary/aromatic N) is 1. The normalized spacial score (nSPS) is 10.3. The molecule has 0 unspecified atom stereocenters. The molecular weight excluding hydrogens is 281 g/mol. The van der Waals surface area contributed by atoms with Gasteiger partial charge < -0.3 is 5.32 Å². The molecule has 0 aliphatic rings. The van der Waals surface area contributed by atoms with Crippen molar-refractivity contribution in [2.45, 2.75) is 0 Å². The number of nitrogens with one attached hydrogen (secondary N) is 1. The highest BCUT2D eigenvalue weighted by atomic mass is 35.5. The summed E-state index contributed by atoms with van der Waals surface area (Å²) >= 11 is 5.59. The van der Waals surface area contributed by atoms with Crippen LogP contribution >= 0.6 is 11.6 Å². The van der Waals surface area contributed by atoms with E-state index in [1.807, 2.05) is 5.32 Å². The third kappa shape index (κ3) is 3.03. The minimum Gasteiger partial charge on any atom is -0.317 e. The molecule has 1 aromatic heterocycles. The Bertz CT molecular complexity index is 626. The van der Waals surface area contributed by atoms with Crippen LogP contribution in [0.1, 0.15) is 10.4 Å². The Hall–Kier alpha value is -2.08. The number of aromatic nitrogens is 1. The number of hydrogen-bond donors (Lipinski definition) is 1. The van der Waals surface area contributed by atoms with E-state index in [9.17, 15) is 18.0 Å². The van der Waals surface area contributed by atoms with Crippen LogP contribution in [-0.4, -0.2) is 10.9 Å². The highest BCUT2D eigenvalue weighted by Crippen LogP contribution is 2.21. The topological polar surface area (TPSA) is 42.0 Å². The van der Waals surface area contributed by atoms with Crippen molar-refractivity contribution >= 4 is 23.2 Å². The summed E-state index contributed by atoms with van der Waals surface area (Å²) in [7, 11) is 0. The monoisotopic (exact) mass is 286 g/mol. The van der Waals surface area contributed by atoms with Crippen LogP contribution in [-0.2, 0) is 0 Å². The molecule has 1 aromatic carbocycles. The lowest BCUT2D eigenvalue weighted by molar-refractivity contribution is 0.102. The number of carbonyl (C=O) groups excluding carboxylic acids is 1. The molecular formula is C12H6ClF3N2O. The minimum atomic E-state index is -1.20. The lowest BCUT2D eigenvalue weighted by Gasteiger charge is -2.07. The highest BCUT2D eigenvalue weighted by Gasteiger charge is 2.15. The van der Waals surface area contributed by atoms with E-state index in [0.29, 0.717) is 12.1 Å². The maximum absolute atomic E-state index is 13.3. The smallest absolute Gasteiger partial charge is 0.255 e. The van der Waals surface area contributed by atoms with Crippen LogP contribution in [0.2, 0.25) is 5.15 Å². The van der Waals surface area contributed by atoms with E-state index in [2.05, 4.69) is 4.98 Å². The van der Waals surface area contributed by atoms with Crippen molar-refractivity contribution in [2.24, 2.45) is 0 Å². The summed E-state index contributed by atoms with van der Waals surface area (Å²) < 4.78 is 39.4. The molecule has 2 aromatic rings. The predicted octanol–water partition coefficient (Wildman–Crippen LogP) is 3.40. The second-order valence-corrected chi connectivity index (χ2v) is 3.95. The molecule has 2 rings (SSSR count). The number of amides is 1. The molecule has 0 saturated carbocycles. The van der Waals surface area contributed by atoms with E-state index in [0.717, 1.165) is 0 Å². The first kappa shape index (κ1) is 13.4. The summed E-state index contributed by atoms with van der Waals surface area (Å²) in [5.41, 5.74) is -0.651. The molecule has 0 radical (unpaired) electrons. The van der Waals surface area contributed by atoms with Crippen LogP contribution in [0, 0.1) is 17.5 Å². The maximum atomic E-state index is 13.3. The molecule has 0 aliphatic carbocycles. The fourth-order valence-electron chi connectivity index (χ4n) is 1.39. The van der Waals surface area contributed by atoms with Crippen LogP contribution < -0.4 is 5.32 Å². The van der Waals surface area contributed by atoms with Crippen LogP contribution in [0.15, 0.2) is 30.5 Å². The molecule has 1 amide bonds. The van der Waals surface area contributed by atoms with Crippen LogP contribution in [0.5, 0.6) is 0 Å². The Kier molecular flexibility index (Phi) is 3.71. The number of rotatable bonds is 2. The van der Waals surface area contributed by atoms with Gasteiger partial charge in [-0.15, -0.1) is 0 Å². The quantitative estimate of drug-likeness (QED) is 0.860. The fraction of sp³-hybridized carbons (Fsp3) is 0. The molecule has 1 heterocycles. The number of anilines is 1. The maximum Gasteiger partial charge on any atom is 0.255 e. The Labute approximate surface area is 111 Å². The van der Waals surface area contributed by atoms with Crippen molar-refractivity contribution in [2.75, 3.05) is 5.32 Å². The summed E-state index contributed by atoms with van der Waals surface area (Å²) in [6.07, 6.45) is 1.27. The Balaban J connectivity index is 2.29. The molecule has 0 saturated heterocycles. The first-order valence-corrected chi connectivity index (χ1v) is 5.42. The zero-order valence-corrected chi connectivity index (χ0v) is 10.0. The Morgan fingerprint density at radius 1 is 1.16 bits per heavy atom. The van der Waals surface area contributed by atoms with Crippen LogP contribution in [0.25, 0.3) is 0 Å². The first-order chi connectivity index (χ1) is 8.97. The van der Waals surface area contributed by atoms with E-state index in [1.165, 1.54) is 18.3 Å². The Morgan fingerprint density at radius 3 is 2.37 bits per heavy atom. The van der Waals surface area contributed by atoms with Gasteiger partial charge in [-0.2, -0.15) is 0 Å². The van der Waals surface area contributed by atoms with Gasteiger partial charge in [-0.05, 0) is 12.1 Å². The number of halogens is 4. The third-order valence-corrected chi connectivity index (χ3v) is 2.44. The standard InChI is InChI=1S/C12H6ClF3N2O/c13-10-3-6(1-2-17-10)12(19)18-11-8(15)4-7(14)5-9(11)16/h1-5H,(H,18,19). The van der Waals surface area contributed by atoms with Crippen LogP contribution in [0.4, 0.5) is 18.9 Å². The highest BCUT2D eigenvalue weighted by molar-refractivity contribution is 6.29. The Morgan fingerprint density at radius 2 is 1.79 bits per heavy atom. The van der Waals surface area contributed by atoms with E-state index in [1.54, 1.807) is 0 Å². The average molecular weight is 287 g/mol. The summed E-state index contributed by atoms with van der Waals surface area (Å²) in [5.74, 6) is -4.26. The summed E-state index contributed by atoms with van der Waals surface area (Å²) in [6, 6.07) is 3.49. The largest absolute Gasteiger partial charge is 0.317 e. The second-order valence-electron chi connectivity index (χ2n) is 3.57. The molecule has 19 heavy (non-hydrogen) atoms. The molecule has 98 valence electrons. The van der Waals surface area contributed by atoms with Crippen molar-refractivity contribution in [3.63, 3.8) is 0 Å².